The molecular weight excluding hydrogens is 320 g/mol. The molecule has 1 fully saturated rings. The molecule has 3 rings (SSSR count). The van der Waals surface area contributed by atoms with Gasteiger partial charge in [0.2, 0.25) is 0 Å². The van der Waals surface area contributed by atoms with Gasteiger partial charge in [-0.1, -0.05) is 18.2 Å². The van der Waals surface area contributed by atoms with E-state index in [0.29, 0.717) is 6.54 Å². The lowest BCUT2D eigenvalue weighted by molar-refractivity contribution is 0.240. The lowest BCUT2D eigenvalue weighted by Gasteiger charge is -2.27. The zero-order chi connectivity index (χ0) is 16.8. The second-order valence-electron chi connectivity index (χ2n) is 5.99. The van der Waals surface area contributed by atoms with Crippen molar-refractivity contribution in [1.82, 2.24) is 9.97 Å². The van der Waals surface area contributed by atoms with Gasteiger partial charge in [-0.25, -0.2) is 9.97 Å². The summed E-state index contributed by atoms with van der Waals surface area (Å²) in [7, 11) is 0. The van der Waals surface area contributed by atoms with E-state index in [1.807, 2.05) is 49.9 Å². The first kappa shape index (κ1) is 16.9. The molecule has 0 saturated carbocycles. The van der Waals surface area contributed by atoms with E-state index in [1.54, 1.807) is 6.33 Å². The van der Waals surface area contributed by atoms with Crippen LogP contribution in [0, 0.1) is 0 Å². The molecule has 128 valence electrons. The van der Waals surface area contributed by atoms with Gasteiger partial charge in [-0.15, -0.1) is 0 Å². The Balaban J connectivity index is 1.66. The van der Waals surface area contributed by atoms with E-state index in [-0.39, 0.29) is 6.10 Å². The van der Waals surface area contributed by atoms with E-state index in [2.05, 4.69) is 26.3 Å². The molecule has 0 aliphatic carbocycles. The number of hydrogen-bond acceptors (Lipinski definition) is 6. The van der Waals surface area contributed by atoms with Crippen molar-refractivity contribution in [3.8, 4) is 5.75 Å². The monoisotopic (exact) mass is 344 g/mol. The Morgan fingerprint density at radius 1 is 1.21 bits per heavy atom. The molecule has 1 aliphatic rings. The molecular formula is C18H24N4OS. The maximum absolute atomic E-state index is 5.87. The second kappa shape index (κ2) is 8.24. The largest absolute Gasteiger partial charge is 0.491 e. The lowest BCUT2D eigenvalue weighted by Crippen LogP contribution is -2.33. The van der Waals surface area contributed by atoms with E-state index in [1.165, 1.54) is 0 Å². The summed E-state index contributed by atoms with van der Waals surface area (Å²) in [5.41, 5.74) is 1.13. The van der Waals surface area contributed by atoms with E-state index in [9.17, 15) is 0 Å². The summed E-state index contributed by atoms with van der Waals surface area (Å²) >= 11 is 2.00. The van der Waals surface area contributed by atoms with Gasteiger partial charge in [-0.2, -0.15) is 11.8 Å². The summed E-state index contributed by atoms with van der Waals surface area (Å²) in [5, 5.41) is 3.39. The highest BCUT2D eigenvalue weighted by Crippen LogP contribution is 2.22. The molecule has 0 amide bonds. The van der Waals surface area contributed by atoms with Crippen molar-refractivity contribution in [1.29, 1.82) is 0 Å². The number of nitrogens with one attached hydrogen (secondary N) is 1. The fourth-order valence-corrected chi connectivity index (χ4v) is 3.52. The van der Waals surface area contributed by atoms with Crippen molar-refractivity contribution in [3.63, 3.8) is 0 Å². The maximum Gasteiger partial charge on any atom is 0.134 e. The van der Waals surface area contributed by atoms with E-state index >= 15 is 0 Å². The van der Waals surface area contributed by atoms with Crippen LogP contribution < -0.4 is 15.0 Å². The van der Waals surface area contributed by atoms with Gasteiger partial charge in [0.15, 0.2) is 0 Å². The Morgan fingerprint density at radius 2 is 2.00 bits per heavy atom. The highest BCUT2D eigenvalue weighted by molar-refractivity contribution is 7.99. The Morgan fingerprint density at radius 3 is 2.79 bits per heavy atom. The van der Waals surface area contributed by atoms with Gasteiger partial charge >= 0.3 is 0 Å². The minimum atomic E-state index is 0.161. The quantitative estimate of drug-likeness (QED) is 0.866. The molecule has 24 heavy (non-hydrogen) atoms. The third kappa shape index (κ3) is 4.54. The molecule has 1 saturated heterocycles. The van der Waals surface area contributed by atoms with Crippen LogP contribution in [0.3, 0.4) is 0 Å². The molecule has 1 aromatic heterocycles. The summed E-state index contributed by atoms with van der Waals surface area (Å²) in [6.07, 6.45) is 1.80. The molecule has 2 heterocycles. The topological polar surface area (TPSA) is 50.3 Å². The van der Waals surface area contributed by atoms with Gasteiger partial charge in [0.25, 0.3) is 0 Å². The highest BCUT2D eigenvalue weighted by atomic mass is 32.2. The number of anilines is 2. The Hall–Kier alpha value is -1.95. The van der Waals surface area contributed by atoms with Crippen LogP contribution in [0.15, 0.2) is 36.7 Å². The number of para-hydroxylation sites is 1. The summed E-state index contributed by atoms with van der Waals surface area (Å²) in [6.45, 7) is 6.85. The SMILES string of the molecule is CC(C)Oc1ccccc1CNc1cc(N2CCSCC2)ncn1. The summed E-state index contributed by atoms with van der Waals surface area (Å²) in [6, 6.07) is 10.1. The maximum atomic E-state index is 5.87. The van der Waals surface area contributed by atoms with Crippen molar-refractivity contribution < 1.29 is 4.74 Å². The van der Waals surface area contributed by atoms with Gasteiger partial charge in [-0.3, -0.25) is 0 Å². The van der Waals surface area contributed by atoms with E-state index < -0.39 is 0 Å². The third-order valence-corrected chi connectivity index (χ3v) is 4.73. The average molecular weight is 344 g/mol. The number of nitrogens with zero attached hydrogens (tertiary/aromatic N) is 3. The predicted octanol–water partition coefficient (Wildman–Crippen LogP) is 3.43. The van der Waals surface area contributed by atoms with Crippen LogP contribution in [0.1, 0.15) is 19.4 Å². The van der Waals surface area contributed by atoms with Crippen LogP contribution in [0.5, 0.6) is 5.75 Å². The first-order chi connectivity index (χ1) is 11.7. The van der Waals surface area contributed by atoms with Gasteiger partial charge in [0.05, 0.1) is 6.10 Å². The molecule has 2 aromatic rings. The minimum Gasteiger partial charge on any atom is -0.491 e. The van der Waals surface area contributed by atoms with Crippen LogP contribution in [0.25, 0.3) is 0 Å². The fraction of sp³-hybridized carbons (Fsp3) is 0.444. The number of rotatable bonds is 6. The molecule has 6 heteroatoms. The lowest BCUT2D eigenvalue weighted by atomic mass is 10.2. The summed E-state index contributed by atoms with van der Waals surface area (Å²) < 4.78 is 5.87. The van der Waals surface area contributed by atoms with Gasteiger partial charge in [0.1, 0.15) is 23.7 Å². The van der Waals surface area contributed by atoms with Crippen molar-refractivity contribution in [3.05, 3.63) is 42.2 Å². The number of ether oxygens (including phenoxy) is 1. The van der Waals surface area contributed by atoms with E-state index in [0.717, 1.165) is 47.5 Å². The minimum absolute atomic E-state index is 0.161. The summed E-state index contributed by atoms with van der Waals surface area (Å²) in [5.74, 6) is 5.08. The molecule has 0 unspecified atom stereocenters. The number of hydrogen-bond donors (Lipinski definition) is 1. The average Bonchev–Trinajstić information content (AvgIpc) is 2.61. The molecule has 0 radical (unpaired) electrons. The second-order valence-corrected chi connectivity index (χ2v) is 7.21. The van der Waals surface area contributed by atoms with Crippen LogP contribution in [0.2, 0.25) is 0 Å². The van der Waals surface area contributed by atoms with Crippen molar-refractivity contribution >= 4 is 23.4 Å². The zero-order valence-corrected chi connectivity index (χ0v) is 15.1. The number of benzene rings is 1. The first-order valence-electron chi connectivity index (χ1n) is 8.35. The van der Waals surface area contributed by atoms with Gasteiger partial charge < -0.3 is 15.0 Å². The fourth-order valence-electron chi connectivity index (χ4n) is 2.61. The molecule has 1 aliphatic heterocycles. The van der Waals surface area contributed by atoms with Crippen LogP contribution in [-0.2, 0) is 6.54 Å². The zero-order valence-electron chi connectivity index (χ0n) is 14.2. The normalized spacial score (nSPS) is 14.7. The molecule has 1 N–H and O–H groups in total. The molecule has 5 nitrogen and oxygen atoms in total. The summed E-state index contributed by atoms with van der Waals surface area (Å²) in [4.78, 5) is 11.1. The Kier molecular flexibility index (Phi) is 5.80. The van der Waals surface area contributed by atoms with Gasteiger partial charge in [0, 0.05) is 42.8 Å². The Labute approximate surface area is 147 Å². The molecule has 1 aromatic carbocycles. The standard InChI is InChI=1S/C18H24N4OS/c1-14(2)23-16-6-4-3-5-15(16)12-19-17-11-18(21-13-20-17)22-7-9-24-10-8-22/h3-6,11,13-14H,7-10,12H2,1-2H3,(H,19,20,21). The highest BCUT2D eigenvalue weighted by Gasteiger charge is 2.13. The number of aromatic nitrogens is 2. The van der Waals surface area contributed by atoms with Crippen LogP contribution in [-0.4, -0.2) is 40.7 Å². The smallest absolute Gasteiger partial charge is 0.134 e. The third-order valence-electron chi connectivity index (χ3n) is 3.78. The van der Waals surface area contributed by atoms with Crippen LogP contribution >= 0.6 is 11.8 Å². The van der Waals surface area contributed by atoms with Gasteiger partial charge in [-0.05, 0) is 19.9 Å². The Bertz CT molecular complexity index is 659. The number of thioether (sulfide) groups is 1. The first-order valence-corrected chi connectivity index (χ1v) is 9.51. The molecule has 0 spiro atoms. The van der Waals surface area contributed by atoms with Crippen molar-refractivity contribution in [2.75, 3.05) is 34.8 Å². The predicted molar refractivity (Wildman–Crippen MR) is 101 cm³/mol. The van der Waals surface area contributed by atoms with Crippen molar-refractivity contribution in [2.24, 2.45) is 0 Å². The molecule has 0 bridgehead atoms. The van der Waals surface area contributed by atoms with Crippen molar-refractivity contribution in [2.45, 2.75) is 26.5 Å². The van der Waals surface area contributed by atoms with Crippen LogP contribution in [0.4, 0.5) is 11.6 Å². The van der Waals surface area contributed by atoms with E-state index in [4.69, 9.17) is 4.74 Å². The molecule has 0 atom stereocenters.